The van der Waals surface area contributed by atoms with E-state index in [1.54, 1.807) is 0 Å². The van der Waals surface area contributed by atoms with Crippen molar-refractivity contribution in [2.45, 2.75) is 25.6 Å². The molecule has 0 bridgehead atoms. The maximum Gasteiger partial charge on any atom is 0.431 e. The highest BCUT2D eigenvalue weighted by molar-refractivity contribution is 7.80. The van der Waals surface area contributed by atoms with Crippen LogP contribution in [0.5, 0.6) is 5.75 Å². The molecule has 0 aliphatic heterocycles. The summed E-state index contributed by atoms with van der Waals surface area (Å²) < 4.78 is 64.4. The third-order valence-corrected chi connectivity index (χ3v) is 4.91. The molecular weight excluding hydrogens is 500 g/mol. The summed E-state index contributed by atoms with van der Waals surface area (Å²) in [6, 6.07) is 1.68. The van der Waals surface area contributed by atoms with Crippen LogP contribution in [0, 0.1) is 5.82 Å². The number of methoxy groups -OCH3 is 1. The number of nitrogens with one attached hydrogen (secondary N) is 1. The number of hydrogen-bond donors (Lipinski definition) is 2. The standard InChI is InChI=1S/C20H20F4N4O6S/c1-9(18(31)26-5-4-16(30)33-3)34-13-7-12(11(21)6-10(13)17(25)35)28-15(29)8-14(20(22,23)24)27(2)19(28)32/h6-9H,4-5H2,1-3H3,(H2,25,35)(H,26,31). The summed E-state index contributed by atoms with van der Waals surface area (Å²) in [5.74, 6) is -2.80. The van der Waals surface area contributed by atoms with Crippen molar-refractivity contribution < 1.29 is 36.6 Å². The molecule has 0 aliphatic carbocycles. The van der Waals surface area contributed by atoms with Crippen LogP contribution in [0.25, 0.3) is 5.69 Å². The Balaban J connectivity index is 2.52. The minimum Gasteiger partial charge on any atom is -0.480 e. The number of nitrogens with two attached hydrogens (primary N) is 1. The second kappa shape index (κ2) is 10.7. The molecule has 0 aliphatic rings. The lowest BCUT2D eigenvalue weighted by molar-refractivity contribution is -0.144. The van der Waals surface area contributed by atoms with E-state index in [1.807, 2.05) is 0 Å². The highest BCUT2D eigenvalue weighted by atomic mass is 32.1. The van der Waals surface area contributed by atoms with Gasteiger partial charge in [0.2, 0.25) is 0 Å². The van der Waals surface area contributed by atoms with Crippen molar-refractivity contribution in [3.8, 4) is 11.4 Å². The second-order valence-corrected chi connectivity index (χ2v) is 7.52. The average molecular weight is 520 g/mol. The Morgan fingerprint density at radius 1 is 1.23 bits per heavy atom. The molecule has 190 valence electrons. The van der Waals surface area contributed by atoms with Gasteiger partial charge in [-0.05, 0) is 13.0 Å². The van der Waals surface area contributed by atoms with Crippen molar-refractivity contribution >= 4 is 29.1 Å². The molecule has 35 heavy (non-hydrogen) atoms. The summed E-state index contributed by atoms with van der Waals surface area (Å²) in [6.07, 6.45) is -6.38. The van der Waals surface area contributed by atoms with Crippen molar-refractivity contribution in [3.63, 3.8) is 0 Å². The van der Waals surface area contributed by atoms with Crippen molar-refractivity contribution in [2.24, 2.45) is 12.8 Å². The third-order valence-electron chi connectivity index (χ3n) is 4.69. The number of amides is 1. The first kappa shape index (κ1) is 27.5. The van der Waals surface area contributed by atoms with E-state index in [9.17, 15) is 36.7 Å². The van der Waals surface area contributed by atoms with Crippen molar-refractivity contribution in [1.29, 1.82) is 0 Å². The summed E-state index contributed by atoms with van der Waals surface area (Å²) in [4.78, 5) is 47.9. The number of carbonyl (C=O) groups excluding carboxylic acids is 2. The second-order valence-electron chi connectivity index (χ2n) is 7.08. The highest BCUT2D eigenvalue weighted by Gasteiger charge is 2.35. The largest absolute Gasteiger partial charge is 0.480 e. The average Bonchev–Trinajstić information content (AvgIpc) is 2.76. The van der Waals surface area contributed by atoms with Gasteiger partial charge in [-0.1, -0.05) is 12.2 Å². The lowest BCUT2D eigenvalue weighted by Gasteiger charge is -2.19. The minimum atomic E-state index is -5.01. The molecule has 15 heteroatoms. The number of nitrogens with zero attached hydrogens (tertiary/aromatic N) is 2. The molecule has 1 aromatic heterocycles. The maximum atomic E-state index is 14.9. The molecule has 0 radical (unpaired) electrons. The number of carbonyl (C=O) groups is 2. The van der Waals surface area contributed by atoms with Gasteiger partial charge >= 0.3 is 17.8 Å². The normalized spacial score (nSPS) is 12.1. The van der Waals surface area contributed by atoms with E-state index in [4.69, 9.17) is 22.7 Å². The minimum absolute atomic E-state index is 0.0764. The molecule has 0 saturated heterocycles. The summed E-state index contributed by atoms with van der Waals surface area (Å²) in [6.45, 7) is 1.22. The van der Waals surface area contributed by atoms with Crippen LogP contribution in [0.2, 0.25) is 0 Å². The van der Waals surface area contributed by atoms with E-state index >= 15 is 0 Å². The molecule has 2 rings (SSSR count). The molecule has 3 N–H and O–H groups in total. The van der Waals surface area contributed by atoms with E-state index in [0.29, 0.717) is 0 Å². The summed E-state index contributed by atoms with van der Waals surface area (Å²) in [7, 11) is 1.94. The molecule has 2 aromatic rings. The Labute approximate surface area is 200 Å². The van der Waals surface area contributed by atoms with E-state index in [-0.39, 0.29) is 44.5 Å². The molecule has 1 aromatic carbocycles. The predicted octanol–water partition coefficient (Wildman–Crippen LogP) is 0.775. The topological polar surface area (TPSA) is 135 Å². The molecule has 0 spiro atoms. The molecule has 1 atom stereocenters. The first-order valence-corrected chi connectivity index (χ1v) is 10.1. The smallest absolute Gasteiger partial charge is 0.431 e. The van der Waals surface area contributed by atoms with Gasteiger partial charge in [-0.3, -0.25) is 19.0 Å². The van der Waals surface area contributed by atoms with Crippen LogP contribution in [-0.4, -0.2) is 45.8 Å². The first-order chi connectivity index (χ1) is 16.2. The van der Waals surface area contributed by atoms with E-state index < -0.39 is 52.6 Å². The number of halogens is 4. The SMILES string of the molecule is COC(=O)CCNC(=O)C(C)Oc1cc(-n2c(=O)cc(C(F)(F)F)n(C)c2=O)c(F)cc1C(N)=S. The van der Waals surface area contributed by atoms with Crippen LogP contribution in [-0.2, 0) is 27.5 Å². The number of hydrogen-bond acceptors (Lipinski definition) is 7. The molecule has 0 saturated carbocycles. The van der Waals surface area contributed by atoms with Crippen LogP contribution >= 0.6 is 12.2 Å². The lowest BCUT2D eigenvalue weighted by atomic mass is 10.1. The van der Waals surface area contributed by atoms with E-state index in [1.165, 1.54) is 14.0 Å². The summed E-state index contributed by atoms with van der Waals surface area (Å²) >= 11 is 4.85. The Kier molecular flexibility index (Phi) is 8.38. The predicted molar refractivity (Wildman–Crippen MR) is 118 cm³/mol. The van der Waals surface area contributed by atoms with E-state index in [0.717, 1.165) is 19.2 Å². The maximum absolute atomic E-state index is 14.9. The van der Waals surface area contributed by atoms with Gasteiger partial charge in [-0.25, -0.2) is 13.8 Å². The lowest BCUT2D eigenvalue weighted by Crippen LogP contribution is -2.41. The zero-order valence-corrected chi connectivity index (χ0v) is 19.4. The Morgan fingerprint density at radius 3 is 2.40 bits per heavy atom. The van der Waals surface area contributed by atoms with Gasteiger partial charge in [0.25, 0.3) is 11.5 Å². The van der Waals surface area contributed by atoms with Gasteiger partial charge in [-0.15, -0.1) is 0 Å². The van der Waals surface area contributed by atoms with Gasteiger partial charge in [-0.2, -0.15) is 13.2 Å². The van der Waals surface area contributed by atoms with Gasteiger partial charge in [0, 0.05) is 25.7 Å². The fraction of sp³-hybridized carbons (Fsp3) is 0.350. The monoisotopic (exact) mass is 520 g/mol. The van der Waals surface area contributed by atoms with Gasteiger partial charge in [0.15, 0.2) is 6.10 Å². The number of benzene rings is 1. The van der Waals surface area contributed by atoms with Gasteiger partial charge in [0.05, 0.1) is 24.8 Å². The van der Waals surface area contributed by atoms with Crippen LogP contribution < -0.4 is 27.0 Å². The van der Waals surface area contributed by atoms with Gasteiger partial charge < -0.3 is 20.5 Å². The van der Waals surface area contributed by atoms with Crippen LogP contribution in [0.15, 0.2) is 27.8 Å². The molecular formula is C20H20F4N4O6S. The molecule has 1 heterocycles. The number of aromatic nitrogens is 2. The van der Waals surface area contributed by atoms with Crippen LogP contribution in [0.1, 0.15) is 24.6 Å². The van der Waals surface area contributed by atoms with Crippen LogP contribution in [0.3, 0.4) is 0 Å². The molecule has 10 nitrogen and oxygen atoms in total. The Bertz CT molecular complexity index is 1290. The number of thiocarbonyl (C=S) groups is 1. The fourth-order valence-electron chi connectivity index (χ4n) is 2.90. The molecule has 1 unspecified atom stereocenters. The number of alkyl halides is 3. The van der Waals surface area contributed by atoms with E-state index in [2.05, 4.69) is 10.1 Å². The van der Waals surface area contributed by atoms with Crippen LogP contribution in [0.4, 0.5) is 17.6 Å². The first-order valence-electron chi connectivity index (χ1n) is 9.74. The summed E-state index contributed by atoms with van der Waals surface area (Å²) in [5.41, 5.74) is 0.157. The Morgan fingerprint density at radius 2 is 1.86 bits per heavy atom. The van der Waals surface area contributed by atoms with Crippen molar-refractivity contribution in [1.82, 2.24) is 14.5 Å². The molecule has 1 amide bonds. The number of esters is 1. The fourth-order valence-corrected chi connectivity index (χ4v) is 3.06. The van der Waals surface area contributed by atoms with Crippen molar-refractivity contribution in [3.05, 3.63) is 56.1 Å². The van der Waals surface area contributed by atoms with Gasteiger partial charge in [0.1, 0.15) is 22.2 Å². The van der Waals surface area contributed by atoms with Crippen molar-refractivity contribution in [2.75, 3.05) is 13.7 Å². The highest BCUT2D eigenvalue weighted by Crippen LogP contribution is 2.28. The zero-order chi connectivity index (χ0) is 26.7. The molecule has 0 fully saturated rings. The number of rotatable bonds is 8. The quantitative estimate of drug-likeness (QED) is 0.296. The summed E-state index contributed by atoms with van der Waals surface area (Å²) in [5, 5.41) is 2.40. The Hall–Kier alpha value is -3.75. The third kappa shape index (κ3) is 6.23. The number of ether oxygens (including phenoxy) is 2. The zero-order valence-electron chi connectivity index (χ0n) is 18.6.